The van der Waals surface area contributed by atoms with Crippen LogP contribution in [0.5, 0.6) is 0 Å². The normalized spacial score (nSPS) is 10.8. The van der Waals surface area contributed by atoms with Crippen LogP contribution in [0.4, 0.5) is 0 Å². The van der Waals surface area contributed by atoms with Crippen molar-refractivity contribution < 1.29 is 0 Å². The van der Waals surface area contributed by atoms with Gasteiger partial charge in [0.15, 0.2) is 0 Å². The zero-order valence-corrected chi connectivity index (χ0v) is 14.6. The molecule has 0 aliphatic heterocycles. The topological polar surface area (TPSA) is 0 Å². The summed E-state index contributed by atoms with van der Waals surface area (Å²) in [5.41, 5.74) is 3.00. The number of alkyl halides is 1. The minimum absolute atomic E-state index is 1.21. The molecule has 0 aromatic heterocycles. The van der Waals surface area contributed by atoms with Gasteiger partial charge in [0, 0.05) is 4.43 Å². The summed E-state index contributed by atoms with van der Waals surface area (Å²) in [4.78, 5) is 0. The molecular formula is C18H29I. The minimum atomic E-state index is 1.21. The van der Waals surface area contributed by atoms with Crippen LogP contribution in [0.15, 0.2) is 24.3 Å². The van der Waals surface area contributed by atoms with Gasteiger partial charge in [-0.15, -0.1) is 0 Å². The van der Waals surface area contributed by atoms with Gasteiger partial charge in [-0.05, 0) is 30.4 Å². The van der Waals surface area contributed by atoms with E-state index in [1.165, 1.54) is 79.8 Å². The standard InChI is InChI=1S/C18H29I/c1-2-3-4-5-6-7-8-9-10-17-11-13-18(14-12-17)15-16-19/h11-14H,2-10,15-16H2,1H3. The molecule has 0 atom stereocenters. The second-order valence-corrected chi connectivity index (χ2v) is 6.56. The Bertz CT molecular complexity index is 302. The number of benzene rings is 1. The predicted octanol–water partition coefficient (Wildman–Crippen LogP) is 6.35. The summed E-state index contributed by atoms with van der Waals surface area (Å²) in [5.74, 6) is 0. The number of rotatable bonds is 11. The first-order valence-corrected chi connectivity index (χ1v) is 9.53. The molecule has 0 heterocycles. The van der Waals surface area contributed by atoms with Crippen molar-refractivity contribution in [2.45, 2.75) is 71.1 Å². The van der Waals surface area contributed by atoms with Gasteiger partial charge in [0.2, 0.25) is 0 Å². The summed E-state index contributed by atoms with van der Waals surface area (Å²) in [6.07, 6.45) is 13.8. The lowest BCUT2D eigenvalue weighted by Gasteiger charge is -2.04. The molecule has 0 aliphatic rings. The van der Waals surface area contributed by atoms with E-state index >= 15 is 0 Å². The molecule has 1 rings (SSSR count). The Morgan fingerprint density at radius 2 is 1.16 bits per heavy atom. The highest BCUT2D eigenvalue weighted by molar-refractivity contribution is 14.1. The molecule has 0 aliphatic carbocycles. The van der Waals surface area contributed by atoms with Gasteiger partial charge in [-0.25, -0.2) is 0 Å². The van der Waals surface area contributed by atoms with Crippen LogP contribution >= 0.6 is 22.6 Å². The minimum Gasteiger partial charge on any atom is -0.0860 e. The lowest BCUT2D eigenvalue weighted by atomic mass is 10.0. The van der Waals surface area contributed by atoms with Crippen molar-refractivity contribution in [2.75, 3.05) is 4.43 Å². The summed E-state index contributed by atoms with van der Waals surface area (Å²) in [7, 11) is 0. The maximum Gasteiger partial charge on any atom is 0.00358 e. The number of hydrogen-bond acceptors (Lipinski definition) is 0. The largest absolute Gasteiger partial charge is 0.0860 e. The zero-order chi connectivity index (χ0) is 13.8. The van der Waals surface area contributed by atoms with Crippen LogP contribution in [0.25, 0.3) is 0 Å². The highest BCUT2D eigenvalue weighted by atomic mass is 127. The van der Waals surface area contributed by atoms with E-state index < -0.39 is 0 Å². The highest BCUT2D eigenvalue weighted by Crippen LogP contribution is 2.12. The van der Waals surface area contributed by atoms with Crippen molar-refractivity contribution in [2.24, 2.45) is 0 Å². The van der Waals surface area contributed by atoms with Crippen LogP contribution in [0.2, 0.25) is 0 Å². The third-order valence-corrected chi connectivity index (χ3v) is 4.26. The number of halogens is 1. The van der Waals surface area contributed by atoms with Crippen molar-refractivity contribution in [1.29, 1.82) is 0 Å². The molecule has 19 heavy (non-hydrogen) atoms. The van der Waals surface area contributed by atoms with Crippen LogP contribution < -0.4 is 0 Å². The molecule has 108 valence electrons. The second-order valence-electron chi connectivity index (χ2n) is 5.48. The summed E-state index contributed by atoms with van der Waals surface area (Å²) in [6, 6.07) is 9.25. The van der Waals surface area contributed by atoms with E-state index in [1.807, 2.05) is 0 Å². The summed E-state index contributed by atoms with van der Waals surface area (Å²) in [6.45, 7) is 2.28. The number of unbranched alkanes of at least 4 members (excludes halogenated alkanes) is 7. The Balaban J connectivity index is 2.02. The van der Waals surface area contributed by atoms with Gasteiger partial charge < -0.3 is 0 Å². The molecule has 0 N–H and O–H groups in total. The molecule has 0 unspecified atom stereocenters. The predicted molar refractivity (Wildman–Crippen MR) is 95.3 cm³/mol. The molecule has 1 heteroatoms. The Hall–Kier alpha value is -0.0500. The van der Waals surface area contributed by atoms with Crippen molar-refractivity contribution in [3.63, 3.8) is 0 Å². The summed E-state index contributed by atoms with van der Waals surface area (Å²) >= 11 is 2.44. The maximum atomic E-state index is 2.44. The van der Waals surface area contributed by atoms with Gasteiger partial charge in [-0.3, -0.25) is 0 Å². The monoisotopic (exact) mass is 372 g/mol. The second kappa shape index (κ2) is 11.7. The average molecular weight is 372 g/mol. The zero-order valence-electron chi connectivity index (χ0n) is 12.5. The molecule has 0 saturated carbocycles. The van der Waals surface area contributed by atoms with Crippen molar-refractivity contribution >= 4 is 22.6 Å². The Kier molecular flexibility index (Phi) is 10.5. The summed E-state index contributed by atoms with van der Waals surface area (Å²) < 4.78 is 1.22. The van der Waals surface area contributed by atoms with Gasteiger partial charge in [-0.1, -0.05) is 98.7 Å². The smallest absolute Gasteiger partial charge is 0.00358 e. The molecule has 0 fully saturated rings. The maximum absolute atomic E-state index is 2.44. The van der Waals surface area contributed by atoms with E-state index in [9.17, 15) is 0 Å². The van der Waals surface area contributed by atoms with E-state index in [-0.39, 0.29) is 0 Å². The van der Waals surface area contributed by atoms with E-state index in [1.54, 1.807) is 0 Å². The van der Waals surface area contributed by atoms with Gasteiger partial charge in [0.05, 0.1) is 0 Å². The van der Waals surface area contributed by atoms with Crippen LogP contribution in [-0.2, 0) is 12.8 Å². The Morgan fingerprint density at radius 3 is 1.68 bits per heavy atom. The molecule has 0 saturated heterocycles. The van der Waals surface area contributed by atoms with Gasteiger partial charge in [0.1, 0.15) is 0 Å². The lowest BCUT2D eigenvalue weighted by molar-refractivity contribution is 0.575. The third kappa shape index (κ3) is 8.67. The Morgan fingerprint density at radius 1 is 0.684 bits per heavy atom. The van der Waals surface area contributed by atoms with Crippen molar-refractivity contribution in [3.05, 3.63) is 35.4 Å². The van der Waals surface area contributed by atoms with E-state index in [4.69, 9.17) is 0 Å². The lowest BCUT2D eigenvalue weighted by Crippen LogP contribution is -1.89. The summed E-state index contributed by atoms with van der Waals surface area (Å²) in [5, 5.41) is 0. The molecule has 0 amide bonds. The first-order valence-electron chi connectivity index (χ1n) is 8.00. The number of aryl methyl sites for hydroxylation is 2. The Labute approximate surface area is 133 Å². The molecule has 0 bridgehead atoms. The fourth-order valence-electron chi connectivity index (χ4n) is 2.44. The van der Waals surface area contributed by atoms with Crippen LogP contribution in [0, 0.1) is 0 Å². The fourth-order valence-corrected chi connectivity index (χ4v) is 3.07. The molecule has 0 radical (unpaired) electrons. The van der Waals surface area contributed by atoms with Crippen LogP contribution in [0.3, 0.4) is 0 Å². The van der Waals surface area contributed by atoms with E-state index in [2.05, 4.69) is 53.8 Å². The molecule has 1 aromatic carbocycles. The van der Waals surface area contributed by atoms with Gasteiger partial charge >= 0.3 is 0 Å². The highest BCUT2D eigenvalue weighted by Gasteiger charge is 1.96. The SMILES string of the molecule is CCCCCCCCCCc1ccc(CCI)cc1. The first kappa shape index (κ1) is 17.0. The average Bonchev–Trinajstić information content (AvgIpc) is 2.44. The molecular weight excluding hydrogens is 343 g/mol. The quantitative estimate of drug-likeness (QED) is 0.241. The van der Waals surface area contributed by atoms with Crippen molar-refractivity contribution in [1.82, 2.24) is 0 Å². The van der Waals surface area contributed by atoms with E-state index in [0.29, 0.717) is 0 Å². The van der Waals surface area contributed by atoms with Crippen LogP contribution in [0.1, 0.15) is 69.4 Å². The fraction of sp³-hybridized carbons (Fsp3) is 0.667. The number of hydrogen-bond donors (Lipinski definition) is 0. The molecule has 0 spiro atoms. The molecule has 1 aromatic rings. The van der Waals surface area contributed by atoms with Crippen molar-refractivity contribution in [3.8, 4) is 0 Å². The van der Waals surface area contributed by atoms with E-state index in [0.717, 1.165) is 0 Å². The molecule has 0 nitrogen and oxygen atoms in total. The van der Waals surface area contributed by atoms with Gasteiger partial charge in [-0.2, -0.15) is 0 Å². The van der Waals surface area contributed by atoms with Gasteiger partial charge in [0.25, 0.3) is 0 Å². The third-order valence-electron chi connectivity index (χ3n) is 3.73. The van der Waals surface area contributed by atoms with Crippen LogP contribution in [-0.4, -0.2) is 4.43 Å². The first-order chi connectivity index (χ1) is 9.36.